The van der Waals surface area contributed by atoms with Crippen LogP contribution >= 0.6 is 11.3 Å². The van der Waals surface area contributed by atoms with E-state index in [1.54, 1.807) is 16.2 Å². The second-order valence-corrected chi connectivity index (χ2v) is 7.63. The molecule has 1 N–H and O–H groups in total. The van der Waals surface area contributed by atoms with Crippen LogP contribution in [0.3, 0.4) is 0 Å². The van der Waals surface area contributed by atoms with Crippen LogP contribution in [-0.4, -0.2) is 41.6 Å². The molecular weight excluding hydrogens is 338 g/mol. The van der Waals surface area contributed by atoms with Crippen molar-refractivity contribution >= 4 is 33.6 Å². The number of benzene rings is 1. The number of nitrogens with zero attached hydrogens (tertiary/aromatic N) is 2. The Balaban J connectivity index is 1.78. The maximum Gasteiger partial charge on any atom is 0.328 e. The summed E-state index contributed by atoms with van der Waals surface area (Å²) in [6, 6.07) is 7.08. The van der Waals surface area contributed by atoms with E-state index in [1.807, 2.05) is 38.1 Å². The highest BCUT2D eigenvalue weighted by Crippen LogP contribution is 2.36. The van der Waals surface area contributed by atoms with Gasteiger partial charge in [0.25, 0.3) is 0 Å². The molecule has 3 rings (SSSR count). The van der Waals surface area contributed by atoms with Crippen LogP contribution in [0.2, 0.25) is 0 Å². The number of carbonyl (C=O) groups is 2. The molecule has 1 aromatic carbocycles. The Morgan fingerprint density at radius 1 is 1.36 bits per heavy atom. The minimum Gasteiger partial charge on any atom is -0.467 e. The molecule has 1 aromatic heterocycles. The van der Waals surface area contributed by atoms with Crippen LogP contribution in [0.4, 0.5) is 4.79 Å². The fourth-order valence-electron chi connectivity index (χ4n) is 3.14. The van der Waals surface area contributed by atoms with Crippen molar-refractivity contribution in [1.29, 1.82) is 0 Å². The van der Waals surface area contributed by atoms with Gasteiger partial charge in [0.2, 0.25) is 0 Å². The first kappa shape index (κ1) is 17.7. The fourth-order valence-corrected chi connectivity index (χ4v) is 4.26. The SMILES string of the molecule is COC(=O)[C@@H](NC(=O)N1CCC[C@H]1c1nc2ccccc2s1)C(C)C. The smallest absolute Gasteiger partial charge is 0.328 e. The molecule has 0 radical (unpaired) electrons. The number of nitrogens with one attached hydrogen (secondary N) is 1. The number of ether oxygens (including phenoxy) is 1. The van der Waals surface area contributed by atoms with Crippen LogP contribution in [0, 0.1) is 5.92 Å². The molecule has 6 nitrogen and oxygen atoms in total. The lowest BCUT2D eigenvalue weighted by Crippen LogP contribution is -2.50. The minimum atomic E-state index is -0.644. The molecule has 2 atom stereocenters. The number of esters is 1. The number of urea groups is 1. The molecule has 134 valence electrons. The van der Waals surface area contributed by atoms with E-state index in [-0.39, 0.29) is 18.0 Å². The Kier molecular flexibility index (Phi) is 5.22. The van der Waals surface area contributed by atoms with Gasteiger partial charge in [0, 0.05) is 6.54 Å². The molecule has 1 aliphatic rings. The monoisotopic (exact) mass is 361 g/mol. The predicted molar refractivity (Wildman–Crippen MR) is 97.5 cm³/mol. The maximum absolute atomic E-state index is 12.8. The summed E-state index contributed by atoms with van der Waals surface area (Å²) in [5.74, 6) is -0.459. The van der Waals surface area contributed by atoms with Gasteiger partial charge >= 0.3 is 12.0 Å². The van der Waals surface area contributed by atoms with Crippen LogP contribution in [0.15, 0.2) is 24.3 Å². The number of rotatable bonds is 4. The molecule has 25 heavy (non-hydrogen) atoms. The largest absolute Gasteiger partial charge is 0.467 e. The number of aromatic nitrogens is 1. The number of carbonyl (C=O) groups excluding carboxylic acids is 2. The Labute approximate surface area is 151 Å². The van der Waals surface area contributed by atoms with Gasteiger partial charge in [0.15, 0.2) is 0 Å². The summed E-state index contributed by atoms with van der Waals surface area (Å²) in [5, 5.41) is 3.78. The van der Waals surface area contributed by atoms with Crippen LogP contribution < -0.4 is 5.32 Å². The van der Waals surface area contributed by atoms with Crippen molar-refractivity contribution in [3.63, 3.8) is 0 Å². The van der Waals surface area contributed by atoms with E-state index in [9.17, 15) is 9.59 Å². The highest BCUT2D eigenvalue weighted by molar-refractivity contribution is 7.18. The molecule has 0 bridgehead atoms. The van der Waals surface area contributed by atoms with Gasteiger partial charge in [0.05, 0.1) is 23.4 Å². The van der Waals surface area contributed by atoms with E-state index < -0.39 is 12.0 Å². The Morgan fingerprint density at radius 2 is 2.12 bits per heavy atom. The molecule has 2 amide bonds. The van der Waals surface area contributed by atoms with E-state index in [0.717, 1.165) is 28.1 Å². The number of likely N-dealkylation sites (tertiary alicyclic amines) is 1. The van der Waals surface area contributed by atoms with Crippen LogP contribution in [0.5, 0.6) is 0 Å². The van der Waals surface area contributed by atoms with Gasteiger partial charge in [-0.25, -0.2) is 14.6 Å². The lowest BCUT2D eigenvalue weighted by molar-refractivity contribution is -0.144. The summed E-state index contributed by atoms with van der Waals surface area (Å²) in [7, 11) is 1.34. The lowest BCUT2D eigenvalue weighted by Gasteiger charge is -2.27. The molecule has 2 heterocycles. The quantitative estimate of drug-likeness (QED) is 0.848. The summed E-state index contributed by atoms with van der Waals surface area (Å²) in [6.45, 7) is 4.44. The lowest BCUT2D eigenvalue weighted by atomic mass is 10.1. The first-order valence-electron chi connectivity index (χ1n) is 8.51. The van der Waals surface area contributed by atoms with Crippen molar-refractivity contribution in [2.45, 2.75) is 38.8 Å². The van der Waals surface area contributed by atoms with E-state index in [4.69, 9.17) is 9.72 Å². The molecule has 1 aliphatic heterocycles. The zero-order chi connectivity index (χ0) is 18.0. The van der Waals surface area contributed by atoms with Crippen molar-refractivity contribution in [2.24, 2.45) is 5.92 Å². The molecule has 0 unspecified atom stereocenters. The number of fused-ring (bicyclic) bond motifs is 1. The number of para-hydroxylation sites is 1. The first-order valence-corrected chi connectivity index (χ1v) is 9.33. The summed E-state index contributed by atoms with van der Waals surface area (Å²) >= 11 is 1.63. The van der Waals surface area contributed by atoms with Crippen molar-refractivity contribution in [2.75, 3.05) is 13.7 Å². The van der Waals surface area contributed by atoms with Crippen LogP contribution in [-0.2, 0) is 9.53 Å². The highest BCUT2D eigenvalue weighted by Gasteiger charge is 2.35. The summed E-state index contributed by atoms with van der Waals surface area (Å²) in [4.78, 5) is 31.2. The summed E-state index contributed by atoms with van der Waals surface area (Å²) in [6.07, 6.45) is 1.82. The third kappa shape index (κ3) is 3.61. The second-order valence-electron chi connectivity index (χ2n) is 6.57. The second kappa shape index (κ2) is 7.39. The minimum absolute atomic E-state index is 0.0390. The molecule has 0 saturated carbocycles. The van der Waals surface area contributed by atoms with E-state index >= 15 is 0 Å². The van der Waals surface area contributed by atoms with Gasteiger partial charge in [-0.1, -0.05) is 26.0 Å². The number of methoxy groups -OCH3 is 1. The number of thiazole rings is 1. The third-order valence-corrected chi connectivity index (χ3v) is 5.65. The van der Waals surface area contributed by atoms with Gasteiger partial charge in [-0.2, -0.15) is 0 Å². The maximum atomic E-state index is 12.8. The van der Waals surface area contributed by atoms with Gasteiger partial charge < -0.3 is 15.0 Å². The summed E-state index contributed by atoms with van der Waals surface area (Å²) in [5.41, 5.74) is 0.962. The van der Waals surface area contributed by atoms with Crippen molar-refractivity contribution in [3.05, 3.63) is 29.3 Å². The van der Waals surface area contributed by atoms with E-state index in [2.05, 4.69) is 5.32 Å². The first-order chi connectivity index (χ1) is 12.0. The van der Waals surface area contributed by atoms with Crippen molar-refractivity contribution < 1.29 is 14.3 Å². The standard InChI is InChI=1S/C18H23N3O3S/c1-11(2)15(17(22)24-3)20-18(23)21-10-6-8-13(21)16-19-12-7-4-5-9-14(12)25-16/h4-5,7,9,11,13,15H,6,8,10H2,1-3H3,(H,20,23)/t13-,15-/m0/s1. The zero-order valence-electron chi connectivity index (χ0n) is 14.7. The average Bonchev–Trinajstić information content (AvgIpc) is 3.24. The third-order valence-electron chi connectivity index (χ3n) is 4.51. The van der Waals surface area contributed by atoms with Crippen molar-refractivity contribution in [3.8, 4) is 0 Å². The fraction of sp³-hybridized carbons (Fsp3) is 0.500. The molecule has 1 saturated heterocycles. The summed E-state index contributed by atoms with van der Waals surface area (Å²) < 4.78 is 5.93. The zero-order valence-corrected chi connectivity index (χ0v) is 15.5. The van der Waals surface area contributed by atoms with Gasteiger partial charge in [0.1, 0.15) is 11.0 Å². The molecule has 1 fully saturated rings. The Hall–Kier alpha value is -2.15. The Morgan fingerprint density at radius 3 is 2.80 bits per heavy atom. The van der Waals surface area contributed by atoms with Gasteiger partial charge in [-0.3, -0.25) is 0 Å². The molecule has 0 aliphatic carbocycles. The Bertz CT molecular complexity index is 741. The van der Waals surface area contributed by atoms with E-state index in [1.165, 1.54) is 7.11 Å². The number of amides is 2. The van der Waals surface area contributed by atoms with Crippen LogP contribution in [0.25, 0.3) is 10.2 Å². The molecule has 0 spiro atoms. The molecular formula is C18H23N3O3S. The molecule has 2 aromatic rings. The van der Waals surface area contributed by atoms with Gasteiger partial charge in [-0.05, 0) is 30.9 Å². The normalized spacial score (nSPS) is 18.6. The van der Waals surface area contributed by atoms with Crippen LogP contribution in [0.1, 0.15) is 37.7 Å². The van der Waals surface area contributed by atoms with Gasteiger partial charge in [-0.15, -0.1) is 11.3 Å². The predicted octanol–water partition coefficient (Wildman–Crippen LogP) is 3.34. The van der Waals surface area contributed by atoms with Crippen molar-refractivity contribution in [1.82, 2.24) is 15.2 Å². The highest BCUT2D eigenvalue weighted by atomic mass is 32.1. The topological polar surface area (TPSA) is 71.5 Å². The molecule has 7 heteroatoms. The average molecular weight is 361 g/mol. The van der Waals surface area contributed by atoms with E-state index in [0.29, 0.717) is 6.54 Å². The number of hydrogen-bond donors (Lipinski definition) is 1. The number of hydrogen-bond acceptors (Lipinski definition) is 5.